The van der Waals surface area contributed by atoms with E-state index in [2.05, 4.69) is 21.2 Å². The normalized spacial score (nSPS) is 19.6. The molecular weight excluding hydrogens is 298 g/mol. The van der Waals surface area contributed by atoms with Gasteiger partial charge in [0, 0.05) is 24.0 Å². The summed E-state index contributed by atoms with van der Waals surface area (Å²) >= 11 is 3.45. The molecule has 4 nitrogen and oxygen atoms in total. The van der Waals surface area contributed by atoms with Crippen LogP contribution in [0.2, 0.25) is 0 Å². The minimum absolute atomic E-state index is 0.0937. The monoisotopic (exact) mass is 313 g/mol. The van der Waals surface area contributed by atoms with Crippen molar-refractivity contribution in [3.63, 3.8) is 0 Å². The number of hydrogen-bond acceptors (Lipinski definition) is 4. The van der Waals surface area contributed by atoms with Crippen molar-refractivity contribution >= 4 is 21.7 Å². The summed E-state index contributed by atoms with van der Waals surface area (Å²) in [4.78, 5) is 12.1. The Morgan fingerprint density at radius 2 is 2.44 bits per heavy atom. The highest BCUT2D eigenvalue weighted by molar-refractivity contribution is 9.10. The number of ether oxygens (including phenoxy) is 2. The summed E-state index contributed by atoms with van der Waals surface area (Å²) < 4.78 is 11.5. The highest BCUT2D eigenvalue weighted by Crippen LogP contribution is 2.23. The second kappa shape index (κ2) is 6.31. The number of carbonyl (C=O) groups is 1. The van der Waals surface area contributed by atoms with E-state index in [1.165, 1.54) is 0 Å². The molecule has 18 heavy (non-hydrogen) atoms. The fraction of sp³-hybridized carbons (Fsp3) is 0.462. The average molecular weight is 314 g/mol. The van der Waals surface area contributed by atoms with Crippen molar-refractivity contribution in [1.29, 1.82) is 0 Å². The van der Waals surface area contributed by atoms with Gasteiger partial charge in [-0.3, -0.25) is 4.79 Å². The first kappa shape index (κ1) is 13.5. The largest absolute Gasteiger partial charge is 0.497 e. The van der Waals surface area contributed by atoms with Gasteiger partial charge in [-0.2, -0.15) is 0 Å². The lowest BCUT2D eigenvalue weighted by Crippen LogP contribution is -2.43. The maximum absolute atomic E-state index is 12.1. The smallest absolute Gasteiger partial charge is 0.167 e. The van der Waals surface area contributed by atoms with E-state index >= 15 is 0 Å². The van der Waals surface area contributed by atoms with Gasteiger partial charge in [0.25, 0.3) is 0 Å². The average Bonchev–Trinajstić information content (AvgIpc) is 2.42. The lowest BCUT2D eigenvalue weighted by atomic mass is 10.0. The summed E-state index contributed by atoms with van der Waals surface area (Å²) in [6.07, 6.45) is 0.0151. The predicted molar refractivity (Wildman–Crippen MR) is 72.0 cm³/mol. The lowest BCUT2D eigenvalue weighted by molar-refractivity contribution is -0.131. The summed E-state index contributed by atoms with van der Waals surface area (Å²) in [5, 5.41) is 3.16. The first-order valence-corrected chi connectivity index (χ1v) is 6.67. The molecule has 1 aromatic rings. The molecule has 1 heterocycles. The number of rotatable bonds is 4. The molecule has 0 aromatic heterocycles. The number of benzene rings is 1. The molecule has 1 fully saturated rings. The quantitative estimate of drug-likeness (QED) is 0.916. The van der Waals surface area contributed by atoms with Crippen LogP contribution in [0, 0.1) is 0 Å². The zero-order valence-electron chi connectivity index (χ0n) is 10.2. The van der Waals surface area contributed by atoms with E-state index in [4.69, 9.17) is 9.47 Å². The maximum atomic E-state index is 12.1. The molecule has 5 heteroatoms. The third kappa shape index (κ3) is 3.31. The number of methoxy groups -OCH3 is 1. The van der Waals surface area contributed by atoms with Gasteiger partial charge >= 0.3 is 0 Å². The van der Waals surface area contributed by atoms with Crippen LogP contribution in [-0.4, -0.2) is 38.7 Å². The van der Waals surface area contributed by atoms with Crippen LogP contribution in [0.4, 0.5) is 0 Å². The molecule has 2 rings (SSSR count). The first-order valence-electron chi connectivity index (χ1n) is 5.88. The SMILES string of the molecule is COc1ccc(Br)c(CC(=O)C2CNCCO2)c1. The zero-order valence-corrected chi connectivity index (χ0v) is 11.8. The Kier molecular flexibility index (Phi) is 4.74. The van der Waals surface area contributed by atoms with Crippen molar-refractivity contribution in [2.75, 3.05) is 26.8 Å². The van der Waals surface area contributed by atoms with Crippen molar-refractivity contribution < 1.29 is 14.3 Å². The Bertz CT molecular complexity index is 430. The molecule has 0 amide bonds. The molecule has 1 aromatic carbocycles. The molecule has 1 aliphatic heterocycles. The summed E-state index contributed by atoms with van der Waals surface area (Å²) in [6, 6.07) is 5.62. The molecule has 0 spiro atoms. The molecule has 1 saturated heterocycles. The Labute approximate surface area is 115 Å². The van der Waals surface area contributed by atoms with E-state index < -0.39 is 0 Å². The Morgan fingerprint density at radius 1 is 1.61 bits per heavy atom. The fourth-order valence-corrected chi connectivity index (χ4v) is 2.27. The Morgan fingerprint density at radius 3 is 3.11 bits per heavy atom. The minimum atomic E-state index is -0.336. The van der Waals surface area contributed by atoms with E-state index in [0.717, 1.165) is 22.3 Å². The van der Waals surface area contributed by atoms with Crippen molar-refractivity contribution in [1.82, 2.24) is 5.32 Å². The molecule has 1 unspecified atom stereocenters. The number of hydrogen-bond donors (Lipinski definition) is 1. The van der Waals surface area contributed by atoms with Crippen molar-refractivity contribution in [2.45, 2.75) is 12.5 Å². The zero-order chi connectivity index (χ0) is 13.0. The molecule has 1 atom stereocenters. The standard InChI is InChI=1S/C13H16BrNO3/c1-17-10-2-3-11(14)9(6-10)7-12(16)13-8-15-4-5-18-13/h2-3,6,13,15H,4-5,7-8H2,1H3. The minimum Gasteiger partial charge on any atom is -0.497 e. The molecule has 0 saturated carbocycles. The van der Waals surface area contributed by atoms with E-state index in [-0.39, 0.29) is 11.9 Å². The number of ketones is 1. The van der Waals surface area contributed by atoms with Crippen molar-refractivity contribution in [2.24, 2.45) is 0 Å². The second-order valence-corrected chi connectivity index (χ2v) is 5.02. The van der Waals surface area contributed by atoms with Gasteiger partial charge in [-0.05, 0) is 23.8 Å². The third-order valence-corrected chi connectivity index (χ3v) is 3.68. The van der Waals surface area contributed by atoms with Gasteiger partial charge in [-0.15, -0.1) is 0 Å². The molecule has 1 aliphatic rings. The predicted octanol–water partition coefficient (Wildman–Crippen LogP) is 1.56. The van der Waals surface area contributed by atoms with Crippen molar-refractivity contribution in [3.8, 4) is 5.75 Å². The van der Waals surface area contributed by atoms with Crippen LogP contribution in [0.3, 0.4) is 0 Å². The number of halogens is 1. The Balaban J connectivity index is 2.05. The van der Waals surface area contributed by atoms with Crippen LogP contribution >= 0.6 is 15.9 Å². The lowest BCUT2D eigenvalue weighted by Gasteiger charge is -2.22. The van der Waals surface area contributed by atoms with Gasteiger partial charge in [-0.1, -0.05) is 15.9 Å². The van der Waals surface area contributed by atoms with E-state index in [1.807, 2.05) is 18.2 Å². The maximum Gasteiger partial charge on any atom is 0.167 e. The van der Waals surface area contributed by atoms with Crippen LogP contribution in [0.25, 0.3) is 0 Å². The van der Waals surface area contributed by atoms with Crippen LogP contribution in [0.1, 0.15) is 5.56 Å². The molecular formula is C13H16BrNO3. The van der Waals surface area contributed by atoms with Crippen LogP contribution in [-0.2, 0) is 16.0 Å². The van der Waals surface area contributed by atoms with E-state index in [9.17, 15) is 4.79 Å². The van der Waals surface area contributed by atoms with Crippen LogP contribution in [0.15, 0.2) is 22.7 Å². The number of nitrogens with one attached hydrogen (secondary N) is 1. The third-order valence-electron chi connectivity index (χ3n) is 2.90. The van der Waals surface area contributed by atoms with Gasteiger partial charge in [0.15, 0.2) is 5.78 Å². The highest BCUT2D eigenvalue weighted by atomic mass is 79.9. The van der Waals surface area contributed by atoms with E-state index in [1.54, 1.807) is 7.11 Å². The summed E-state index contributed by atoms with van der Waals surface area (Å²) in [7, 11) is 1.61. The summed E-state index contributed by atoms with van der Waals surface area (Å²) in [6.45, 7) is 2.00. The summed E-state index contributed by atoms with van der Waals surface area (Å²) in [5.74, 6) is 0.847. The van der Waals surface area contributed by atoms with Gasteiger partial charge in [0.1, 0.15) is 11.9 Å². The first-order chi connectivity index (χ1) is 8.70. The molecule has 0 radical (unpaired) electrons. The summed E-state index contributed by atoms with van der Waals surface area (Å²) in [5.41, 5.74) is 0.925. The second-order valence-electron chi connectivity index (χ2n) is 4.16. The van der Waals surface area contributed by atoms with Crippen molar-refractivity contribution in [3.05, 3.63) is 28.2 Å². The van der Waals surface area contributed by atoms with E-state index in [0.29, 0.717) is 19.6 Å². The molecule has 1 N–H and O–H groups in total. The number of Topliss-reactive ketones (excluding diaryl/α,β-unsaturated/α-hetero) is 1. The molecule has 98 valence electrons. The van der Waals surface area contributed by atoms with Crippen LogP contribution in [0.5, 0.6) is 5.75 Å². The van der Waals surface area contributed by atoms with Gasteiger partial charge in [0.05, 0.1) is 13.7 Å². The molecule has 0 bridgehead atoms. The topological polar surface area (TPSA) is 47.6 Å². The van der Waals surface area contributed by atoms with Gasteiger partial charge < -0.3 is 14.8 Å². The van der Waals surface area contributed by atoms with Gasteiger partial charge in [-0.25, -0.2) is 0 Å². The van der Waals surface area contributed by atoms with Crippen LogP contribution < -0.4 is 10.1 Å². The number of morpholine rings is 1. The highest BCUT2D eigenvalue weighted by Gasteiger charge is 2.22. The van der Waals surface area contributed by atoms with Gasteiger partial charge in [0.2, 0.25) is 0 Å². The Hall–Kier alpha value is -0.910. The number of carbonyl (C=O) groups excluding carboxylic acids is 1. The molecule has 0 aliphatic carbocycles. The fourth-order valence-electron chi connectivity index (χ4n) is 1.89.